The lowest BCUT2D eigenvalue weighted by atomic mass is 10.0. The highest BCUT2D eigenvalue weighted by atomic mass is 19.1. The number of benzene rings is 1. The zero-order chi connectivity index (χ0) is 10.8. The monoisotopic (exact) mass is 197 g/mol. The molecule has 1 atom stereocenters. The molecule has 0 saturated carbocycles. The molecule has 0 spiro atoms. The first-order valence-electron chi connectivity index (χ1n) is 4.46. The summed E-state index contributed by atoms with van der Waals surface area (Å²) in [6.45, 7) is 3.62. The third-order valence-electron chi connectivity index (χ3n) is 1.95. The van der Waals surface area contributed by atoms with E-state index in [1.54, 1.807) is 12.1 Å². The van der Waals surface area contributed by atoms with Crippen LogP contribution in [0.5, 0.6) is 0 Å². The second-order valence-corrected chi connectivity index (χ2v) is 3.95. The Kier molecular flexibility index (Phi) is 3.08. The molecule has 4 heteroatoms. The van der Waals surface area contributed by atoms with Crippen molar-refractivity contribution in [3.8, 4) is 0 Å². The Morgan fingerprint density at radius 1 is 1.43 bits per heavy atom. The van der Waals surface area contributed by atoms with Gasteiger partial charge < -0.3 is 16.8 Å². The fraction of sp³-hybridized carbons (Fsp3) is 0.400. The van der Waals surface area contributed by atoms with Gasteiger partial charge in [0.25, 0.3) is 0 Å². The molecule has 0 aliphatic carbocycles. The van der Waals surface area contributed by atoms with Gasteiger partial charge in [0.05, 0.1) is 6.17 Å². The van der Waals surface area contributed by atoms with E-state index in [1.807, 2.05) is 13.8 Å². The molecule has 0 bridgehead atoms. The van der Waals surface area contributed by atoms with E-state index in [4.69, 9.17) is 11.5 Å². The Morgan fingerprint density at radius 2 is 2.07 bits per heavy atom. The standard InChI is InChI=1S/C10H16FN3/c1-10(2,13)9(12)14-8-5-3-4-7(11)6-8/h3-6,9,14H,12-13H2,1-2H3. The Labute approximate surface area is 83.3 Å². The van der Waals surface area contributed by atoms with Crippen LogP contribution in [0.3, 0.4) is 0 Å². The first kappa shape index (κ1) is 10.9. The smallest absolute Gasteiger partial charge is 0.125 e. The van der Waals surface area contributed by atoms with Crippen LogP contribution < -0.4 is 16.8 Å². The second kappa shape index (κ2) is 3.94. The van der Waals surface area contributed by atoms with Crippen LogP contribution in [0.25, 0.3) is 0 Å². The molecule has 0 aliphatic heterocycles. The predicted molar refractivity (Wildman–Crippen MR) is 56.3 cm³/mol. The number of anilines is 1. The lowest BCUT2D eigenvalue weighted by Crippen LogP contribution is -2.54. The summed E-state index contributed by atoms with van der Waals surface area (Å²) in [6.07, 6.45) is -0.413. The van der Waals surface area contributed by atoms with Gasteiger partial charge in [0.1, 0.15) is 5.82 Å². The zero-order valence-corrected chi connectivity index (χ0v) is 8.42. The van der Waals surface area contributed by atoms with Crippen molar-refractivity contribution in [2.24, 2.45) is 11.5 Å². The number of nitrogens with two attached hydrogens (primary N) is 2. The van der Waals surface area contributed by atoms with Crippen molar-refractivity contribution in [1.29, 1.82) is 0 Å². The van der Waals surface area contributed by atoms with Crippen LogP contribution in [0.2, 0.25) is 0 Å². The highest BCUT2D eigenvalue weighted by molar-refractivity contribution is 5.44. The molecule has 1 unspecified atom stereocenters. The lowest BCUT2D eigenvalue weighted by molar-refractivity contribution is 0.441. The van der Waals surface area contributed by atoms with Gasteiger partial charge in [-0.15, -0.1) is 0 Å². The molecule has 78 valence electrons. The fourth-order valence-electron chi connectivity index (χ4n) is 0.944. The largest absolute Gasteiger partial charge is 0.368 e. The molecule has 5 N–H and O–H groups in total. The van der Waals surface area contributed by atoms with Gasteiger partial charge in [-0.2, -0.15) is 0 Å². The van der Waals surface area contributed by atoms with Crippen LogP contribution >= 0.6 is 0 Å². The van der Waals surface area contributed by atoms with E-state index >= 15 is 0 Å². The van der Waals surface area contributed by atoms with E-state index in [9.17, 15) is 4.39 Å². The summed E-state index contributed by atoms with van der Waals surface area (Å²) in [6, 6.07) is 6.12. The maximum absolute atomic E-state index is 12.8. The van der Waals surface area contributed by atoms with Crippen molar-refractivity contribution >= 4 is 5.69 Å². The minimum absolute atomic E-state index is 0.294. The van der Waals surface area contributed by atoms with Crippen molar-refractivity contribution in [2.75, 3.05) is 5.32 Å². The van der Waals surface area contributed by atoms with Gasteiger partial charge in [0.2, 0.25) is 0 Å². The Bertz CT molecular complexity index is 306. The van der Waals surface area contributed by atoms with E-state index in [2.05, 4.69) is 5.32 Å². The van der Waals surface area contributed by atoms with Crippen molar-refractivity contribution in [3.63, 3.8) is 0 Å². The van der Waals surface area contributed by atoms with E-state index in [1.165, 1.54) is 12.1 Å². The Morgan fingerprint density at radius 3 is 2.57 bits per heavy atom. The second-order valence-electron chi connectivity index (χ2n) is 3.95. The van der Waals surface area contributed by atoms with Crippen molar-refractivity contribution in [2.45, 2.75) is 25.6 Å². The van der Waals surface area contributed by atoms with Gasteiger partial charge in [-0.05, 0) is 32.0 Å². The normalized spacial score (nSPS) is 13.8. The first-order chi connectivity index (χ1) is 6.39. The topological polar surface area (TPSA) is 64.1 Å². The van der Waals surface area contributed by atoms with Crippen LogP contribution in [0.1, 0.15) is 13.8 Å². The number of nitrogens with one attached hydrogen (secondary N) is 1. The molecular weight excluding hydrogens is 181 g/mol. The molecule has 0 saturated heterocycles. The molecule has 0 radical (unpaired) electrons. The van der Waals surface area contributed by atoms with Crippen LogP contribution in [0.15, 0.2) is 24.3 Å². The molecule has 3 nitrogen and oxygen atoms in total. The SMILES string of the molecule is CC(C)(N)C(N)Nc1cccc(F)c1. The molecule has 1 rings (SSSR count). The maximum atomic E-state index is 12.8. The van der Waals surface area contributed by atoms with Gasteiger partial charge in [-0.25, -0.2) is 4.39 Å². The number of halogens is 1. The predicted octanol–water partition coefficient (Wildman–Crippen LogP) is 1.26. The molecule has 0 heterocycles. The van der Waals surface area contributed by atoms with Crippen LogP contribution in [-0.4, -0.2) is 11.7 Å². The molecule has 14 heavy (non-hydrogen) atoms. The number of hydrogen-bond acceptors (Lipinski definition) is 3. The fourth-order valence-corrected chi connectivity index (χ4v) is 0.944. The average Bonchev–Trinajstić information content (AvgIpc) is 2.02. The lowest BCUT2D eigenvalue weighted by Gasteiger charge is -2.28. The highest BCUT2D eigenvalue weighted by Crippen LogP contribution is 2.12. The molecule has 0 aromatic heterocycles. The summed E-state index contributed by atoms with van der Waals surface area (Å²) in [5.41, 5.74) is 11.6. The van der Waals surface area contributed by atoms with Crippen molar-refractivity contribution in [1.82, 2.24) is 0 Å². The minimum atomic E-state index is -0.549. The minimum Gasteiger partial charge on any atom is -0.368 e. The Balaban J connectivity index is 2.70. The van der Waals surface area contributed by atoms with Gasteiger partial charge in [0, 0.05) is 11.2 Å². The average molecular weight is 197 g/mol. The third-order valence-corrected chi connectivity index (χ3v) is 1.95. The first-order valence-corrected chi connectivity index (χ1v) is 4.46. The summed E-state index contributed by atoms with van der Waals surface area (Å²) < 4.78 is 12.8. The van der Waals surface area contributed by atoms with Crippen molar-refractivity contribution < 1.29 is 4.39 Å². The Hall–Kier alpha value is -1.13. The summed E-state index contributed by atoms with van der Waals surface area (Å²) in [7, 11) is 0. The van der Waals surface area contributed by atoms with E-state index in [0.717, 1.165) is 0 Å². The number of rotatable bonds is 3. The number of hydrogen-bond donors (Lipinski definition) is 3. The molecular formula is C10H16FN3. The molecule has 0 amide bonds. The van der Waals surface area contributed by atoms with Gasteiger partial charge in [0.15, 0.2) is 0 Å². The van der Waals surface area contributed by atoms with Gasteiger partial charge in [-0.3, -0.25) is 0 Å². The van der Waals surface area contributed by atoms with Gasteiger partial charge >= 0.3 is 0 Å². The van der Waals surface area contributed by atoms with E-state index in [-0.39, 0.29) is 5.82 Å². The zero-order valence-electron chi connectivity index (χ0n) is 8.42. The van der Waals surface area contributed by atoms with Crippen LogP contribution in [0.4, 0.5) is 10.1 Å². The summed E-state index contributed by atoms with van der Waals surface area (Å²) >= 11 is 0. The van der Waals surface area contributed by atoms with E-state index < -0.39 is 11.7 Å². The maximum Gasteiger partial charge on any atom is 0.125 e. The summed E-state index contributed by atoms with van der Waals surface area (Å²) in [4.78, 5) is 0. The summed E-state index contributed by atoms with van der Waals surface area (Å²) in [5.74, 6) is -0.294. The highest BCUT2D eigenvalue weighted by Gasteiger charge is 2.20. The van der Waals surface area contributed by atoms with Crippen LogP contribution in [0, 0.1) is 5.82 Å². The van der Waals surface area contributed by atoms with Crippen LogP contribution in [-0.2, 0) is 0 Å². The van der Waals surface area contributed by atoms with Crippen molar-refractivity contribution in [3.05, 3.63) is 30.1 Å². The molecule has 1 aromatic rings. The summed E-state index contributed by atoms with van der Waals surface area (Å²) in [5, 5.41) is 2.94. The molecule has 1 aromatic carbocycles. The van der Waals surface area contributed by atoms with Gasteiger partial charge in [-0.1, -0.05) is 6.07 Å². The quantitative estimate of drug-likeness (QED) is 0.639. The molecule has 0 aliphatic rings. The third kappa shape index (κ3) is 2.97. The van der Waals surface area contributed by atoms with E-state index in [0.29, 0.717) is 5.69 Å². The molecule has 0 fully saturated rings.